The molecule has 30 heavy (non-hydrogen) atoms. The number of nitrogens with one attached hydrogen (secondary N) is 1. The van der Waals surface area contributed by atoms with Gasteiger partial charge < -0.3 is 0 Å². The number of rotatable bonds is 4. The summed E-state index contributed by atoms with van der Waals surface area (Å²) >= 11 is 0. The Morgan fingerprint density at radius 2 is 1.47 bits per heavy atom. The summed E-state index contributed by atoms with van der Waals surface area (Å²) in [5.74, 6) is 4.58. The molecule has 3 aromatic rings. The first-order valence-corrected chi connectivity index (χ1v) is 11.3. The lowest BCUT2D eigenvalue weighted by molar-refractivity contribution is 0.0981. The normalized spacial score (nSPS) is 11.2. The third-order valence-corrected chi connectivity index (χ3v) is 6.17. The molecule has 11 heteroatoms. The fourth-order valence-electron chi connectivity index (χ4n) is 2.31. The van der Waals surface area contributed by atoms with Crippen LogP contribution < -0.4 is 9.86 Å². The Balaban J connectivity index is 1.81. The van der Waals surface area contributed by atoms with Crippen molar-refractivity contribution in [2.24, 2.45) is 5.14 Å². The van der Waals surface area contributed by atoms with E-state index in [-0.39, 0.29) is 5.56 Å². The number of amides is 1. The van der Waals surface area contributed by atoms with Gasteiger partial charge in [0.1, 0.15) is 21.2 Å². The number of carbonyl (C=O) groups is 1. The molecule has 3 rings (SSSR count). The van der Waals surface area contributed by atoms with Crippen LogP contribution in [0.5, 0.6) is 0 Å². The first-order valence-electron chi connectivity index (χ1n) is 8.25. The minimum atomic E-state index is -4.50. The fourth-order valence-corrected chi connectivity index (χ4v) is 4.67. The molecule has 9 nitrogen and oxygen atoms in total. The molecule has 3 N–H and O–H groups in total. The van der Waals surface area contributed by atoms with Crippen molar-refractivity contribution in [3.05, 3.63) is 83.9 Å². The summed E-state index contributed by atoms with van der Waals surface area (Å²) in [6.45, 7) is 0. The van der Waals surface area contributed by atoms with E-state index in [9.17, 15) is 21.6 Å². The monoisotopic (exact) mass is 442 g/mol. The van der Waals surface area contributed by atoms with Crippen molar-refractivity contribution < 1.29 is 21.6 Å². The predicted molar refractivity (Wildman–Crippen MR) is 107 cm³/mol. The lowest BCUT2D eigenvalue weighted by atomic mass is 10.2. The number of carbonyl (C=O) groups excluding carboxylic acids is 1. The molecule has 2 aromatic heterocycles. The zero-order valence-corrected chi connectivity index (χ0v) is 16.8. The maximum Gasteiger partial charge on any atom is 0.266 e. The van der Waals surface area contributed by atoms with Crippen LogP contribution in [0.1, 0.15) is 21.7 Å². The fraction of sp³-hybridized carbons (Fsp3) is 0. The maximum atomic E-state index is 12.5. The van der Waals surface area contributed by atoms with Gasteiger partial charge in [-0.3, -0.25) is 4.79 Å². The van der Waals surface area contributed by atoms with Crippen molar-refractivity contribution in [1.29, 1.82) is 0 Å². The molecule has 1 aromatic carbocycles. The van der Waals surface area contributed by atoms with Gasteiger partial charge in [-0.15, -0.1) is 0 Å². The van der Waals surface area contributed by atoms with E-state index in [1.54, 1.807) is 29.1 Å². The van der Waals surface area contributed by atoms with Gasteiger partial charge in [0.15, 0.2) is 0 Å². The van der Waals surface area contributed by atoms with Crippen molar-refractivity contribution in [2.45, 2.75) is 9.79 Å². The van der Waals surface area contributed by atoms with Gasteiger partial charge in [0.05, 0.1) is 5.56 Å². The Labute approximate surface area is 173 Å². The summed E-state index contributed by atoms with van der Waals surface area (Å²) in [4.78, 5) is 19.1. The van der Waals surface area contributed by atoms with Crippen LogP contribution in [0, 0.1) is 11.8 Å². The second kappa shape index (κ2) is 8.42. The highest BCUT2D eigenvalue weighted by Gasteiger charge is 2.26. The molecule has 0 saturated carbocycles. The number of sulfonamides is 2. The Morgan fingerprint density at radius 1 is 0.833 bits per heavy atom. The summed E-state index contributed by atoms with van der Waals surface area (Å²) in [5.41, 5.74) is 0.829. The van der Waals surface area contributed by atoms with Gasteiger partial charge in [-0.1, -0.05) is 18.2 Å². The molecule has 0 saturated heterocycles. The number of benzene rings is 1. The van der Waals surface area contributed by atoms with E-state index in [0.717, 1.165) is 18.3 Å². The number of primary sulfonamides is 1. The molecule has 0 unspecified atom stereocenters. The summed E-state index contributed by atoms with van der Waals surface area (Å²) in [7, 11) is -8.82. The highest BCUT2D eigenvalue weighted by molar-refractivity contribution is 7.92. The van der Waals surface area contributed by atoms with Crippen LogP contribution in [0.25, 0.3) is 0 Å². The first-order chi connectivity index (χ1) is 14.2. The van der Waals surface area contributed by atoms with Gasteiger partial charge >= 0.3 is 0 Å². The lowest BCUT2D eigenvalue weighted by Gasteiger charge is -2.10. The predicted octanol–water partition coefficient (Wildman–Crippen LogP) is 0.642. The van der Waals surface area contributed by atoms with Crippen molar-refractivity contribution in [3.63, 3.8) is 0 Å². The van der Waals surface area contributed by atoms with Crippen LogP contribution in [-0.4, -0.2) is 32.7 Å². The third kappa shape index (κ3) is 5.06. The van der Waals surface area contributed by atoms with E-state index in [2.05, 4.69) is 21.8 Å². The van der Waals surface area contributed by atoms with Gasteiger partial charge in [-0.2, -0.15) is 0 Å². The highest BCUT2D eigenvalue weighted by Crippen LogP contribution is 2.19. The summed E-state index contributed by atoms with van der Waals surface area (Å²) in [6, 6.07) is 12.7. The molecule has 0 bridgehead atoms. The van der Waals surface area contributed by atoms with Gasteiger partial charge in [-0.05, 0) is 48.2 Å². The van der Waals surface area contributed by atoms with Crippen LogP contribution in [0.4, 0.5) is 0 Å². The van der Waals surface area contributed by atoms with E-state index in [4.69, 9.17) is 5.14 Å². The Morgan fingerprint density at radius 3 is 2.03 bits per heavy atom. The standard InChI is InChI=1S/C19H14N4O5S2/c20-29(25,26)17-6-1-2-7-18(17)30(27,28)23-19(24)14-8-9-16(22-13-14)11-10-15-5-3-4-12-21-15/h1-9,12-13H,(H,23,24)(H2,20,25,26). The Bertz CT molecular complexity index is 1360. The van der Waals surface area contributed by atoms with Crippen LogP contribution in [0.2, 0.25) is 0 Å². The number of hydrogen-bond acceptors (Lipinski definition) is 7. The molecule has 0 aliphatic carbocycles. The van der Waals surface area contributed by atoms with E-state index >= 15 is 0 Å². The van der Waals surface area contributed by atoms with Crippen molar-refractivity contribution >= 4 is 26.0 Å². The second-order valence-corrected chi connectivity index (χ2v) is 9.00. The van der Waals surface area contributed by atoms with E-state index in [0.29, 0.717) is 11.4 Å². The third-order valence-electron chi connectivity index (χ3n) is 3.68. The van der Waals surface area contributed by atoms with Crippen LogP contribution >= 0.6 is 0 Å². The van der Waals surface area contributed by atoms with Crippen LogP contribution in [0.3, 0.4) is 0 Å². The smallest absolute Gasteiger partial charge is 0.266 e. The molecule has 0 atom stereocenters. The average molecular weight is 442 g/mol. The van der Waals surface area contributed by atoms with Gasteiger partial charge in [0.2, 0.25) is 10.0 Å². The number of nitrogens with zero attached hydrogens (tertiary/aromatic N) is 2. The minimum absolute atomic E-state index is 0.0601. The van der Waals surface area contributed by atoms with Gasteiger partial charge in [0, 0.05) is 12.4 Å². The quantitative estimate of drug-likeness (QED) is 0.563. The van der Waals surface area contributed by atoms with E-state index < -0.39 is 35.7 Å². The molecule has 152 valence electrons. The summed E-state index contributed by atoms with van der Waals surface area (Å²) in [6.07, 6.45) is 2.75. The molecule has 2 heterocycles. The molecule has 0 spiro atoms. The molecular weight excluding hydrogens is 428 g/mol. The first kappa shape index (κ1) is 21.1. The Kier molecular flexibility index (Phi) is 5.93. The molecule has 0 fully saturated rings. The van der Waals surface area contributed by atoms with Crippen molar-refractivity contribution in [1.82, 2.24) is 14.7 Å². The molecule has 1 amide bonds. The van der Waals surface area contributed by atoms with Crippen LogP contribution in [0.15, 0.2) is 76.8 Å². The van der Waals surface area contributed by atoms with E-state index in [1.807, 2.05) is 0 Å². The molecular formula is C19H14N4O5S2. The topological polar surface area (TPSA) is 149 Å². The maximum absolute atomic E-state index is 12.5. The minimum Gasteiger partial charge on any atom is -0.268 e. The van der Waals surface area contributed by atoms with Crippen LogP contribution in [-0.2, 0) is 20.0 Å². The average Bonchev–Trinajstić information content (AvgIpc) is 2.72. The number of pyridine rings is 2. The number of aromatic nitrogens is 2. The molecule has 0 aliphatic heterocycles. The summed E-state index contributed by atoms with van der Waals surface area (Å²) in [5, 5.41) is 5.05. The summed E-state index contributed by atoms with van der Waals surface area (Å²) < 4.78 is 50.1. The number of hydrogen-bond donors (Lipinski definition) is 2. The zero-order valence-electron chi connectivity index (χ0n) is 15.2. The Hall–Kier alpha value is -3.59. The highest BCUT2D eigenvalue weighted by atomic mass is 32.2. The van der Waals surface area contributed by atoms with Crippen molar-refractivity contribution in [3.8, 4) is 11.8 Å². The van der Waals surface area contributed by atoms with E-state index in [1.165, 1.54) is 24.3 Å². The van der Waals surface area contributed by atoms with Gasteiger partial charge in [0.25, 0.3) is 15.9 Å². The zero-order chi connectivity index (χ0) is 21.8. The second-order valence-electron chi connectivity index (χ2n) is 5.82. The SMILES string of the molecule is NS(=O)(=O)c1ccccc1S(=O)(=O)NC(=O)c1ccc(C#Cc2ccccn2)nc1. The largest absolute Gasteiger partial charge is 0.268 e. The molecule has 0 aliphatic rings. The number of nitrogens with two attached hydrogens (primary N) is 1. The van der Waals surface area contributed by atoms with Crippen molar-refractivity contribution in [2.75, 3.05) is 0 Å². The lowest BCUT2D eigenvalue weighted by Crippen LogP contribution is -2.32. The molecule has 0 radical (unpaired) electrons. The van der Waals surface area contributed by atoms with Gasteiger partial charge in [-0.25, -0.2) is 36.7 Å².